The monoisotopic (exact) mass is 189 g/mol. The molecule has 0 aromatic heterocycles. The number of rotatable bonds is 6. The number of hydrogen-bond donors (Lipinski definition) is 1. The molecule has 0 radical (unpaired) electrons. The molecule has 0 saturated heterocycles. The lowest BCUT2D eigenvalue weighted by molar-refractivity contribution is -0.114. The number of carbonyl (C=O) groups is 1. The third kappa shape index (κ3) is 4.01. The summed E-state index contributed by atoms with van der Waals surface area (Å²) >= 11 is 0. The largest absolute Gasteiger partial charge is 0.312 e. The number of nitrogens with one attached hydrogen (secondary N) is 1. The van der Waals surface area contributed by atoms with Gasteiger partial charge >= 0.3 is 0 Å². The van der Waals surface area contributed by atoms with Gasteiger partial charge in [-0.25, -0.2) is 0 Å². The lowest BCUT2D eigenvalue weighted by atomic mass is 10.2. The third-order valence-corrected chi connectivity index (χ3v) is 1.95. The first-order valence-corrected chi connectivity index (χ1v) is 4.73. The molecule has 0 unspecified atom stereocenters. The molecular weight excluding hydrogens is 174 g/mol. The average molecular weight is 189 g/mol. The van der Waals surface area contributed by atoms with Gasteiger partial charge in [0.1, 0.15) is 0 Å². The van der Waals surface area contributed by atoms with Crippen LogP contribution in [0.25, 0.3) is 0 Å². The molecule has 1 rings (SSSR count). The van der Waals surface area contributed by atoms with Gasteiger partial charge in [-0.1, -0.05) is 36.9 Å². The smallest absolute Gasteiger partial charge is 0.156 e. The van der Waals surface area contributed by atoms with Crippen molar-refractivity contribution < 1.29 is 4.79 Å². The summed E-state index contributed by atoms with van der Waals surface area (Å²) in [5.74, 6) is 0.0885. The molecule has 2 heteroatoms. The van der Waals surface area contributed by atoms with Gasteiger partial charge in [-0.15, -0.1) is 0 Å². The Morgan fingerprint density at radius 3 is 2.71 bits per heavy atom. The van der Waals surface area contributed by atoms with E-state index >= 15 is 0 Å². The van der Waals surface area contributed by atoms with Crippen LogP contribution in [-0.2, 0) is 11.3 Å². The van der Waals surface area contributed by atoms with Crippen LogP contribution in [0.3, 0.4) is 0 Å². The van der Waals surface area contributed by atoms with E-state index in [1.165, 1.54) is 11.6 Å². The highest BCUT2D eigenvalue weighted by atomic mass is 16.1. The van der Waals surface area contributed by atoms with Crippen LogP contribution in [0.2, 0.25) is 0 Å². The zero-order chi connectivity index (χ0) is 10.2. The summed E-state index contributed by atoms with van der Waals surface area (Å²) in [6.45, 7) is 4.94. The van der Waals surface area contributed by atoms with E-state index in [1.807, 2.05) is 18.2 Å². The molecular formula is C12H15NO. The molecule has 0 aliphatic heterocycles. The van der Waals surface area contributed by atoms with Crippen molar-refractivity contribution in [2.24, 2.45) is 0 Å². The number of carbonyl (C=O) groups excluding carboxylic acids is 1. The van der Waals surface area contributed by atoms with Gasteiger partial charge in [-0.2, -0.15) is 0 Å². The Hall–Kier alpha value is -1.41. The van der Waals surface area contributed by atoms with Crippen LogP contribution >= 0.6 is 0 Å². The van der Waals surface area contributed by atoms with Gasteiger partial charge in [-0.05, 0) is 11.6 Å². The van der Waals surface area contributed by atoms with Crippen molar-refractivity contribution in [3.8, 4) is 0 Å². The maximum absolute atomic E-state index is 10.9. The van der Waals surface area contributed by atoms with E-state index in [0.29, 0.717) is 13.0 Å². The molecule has 0 bridgehead atoms. The van der Waals surface area contributed by atoms with Crippen LogP contribution in [0.1, 0.15) is 12.0 Å². The second-order valence-corrected chi connectivity index (χ2v) is 3.08. The van der Waals surface area contributed by atoms with E-state index in [9.17, 15) is 4.79 Å². The first-order valence-electron chi connectivity index (χ1n) is 4.73. The average Bonchev–Trinajstić information content (AvgIpc) is 2.25. The Morgan fingerprint density at radius 1 is 1.36 bits per heavy atom. The number of allylic oxidation sites excluding steroid dienone is 1. The molecule has 0 atom stereocenters. The molecule has 1 N–H and O–H groups in total. The molecule has 0 heterocycles. The lowest BCUT2D eigenvalue weighted by Crippen LogP contribution is -2.16. The summed E-state index contributed by atoms with van der Waals surface area (Å²) in [6, 6.07) is 10.1. The normalized spacial score (nSPS) is 9.71. The van der Waals surface area contributed by atoms with Crippen LogP contribution in [0.4, 0.5) is 0 Å². The van der Waals surface area contributed by atoms with E-state index in [0.717, 1.165) is 6.54 Å². The summed E-state index contributed by atoms with van der Waals surface area (Å²) in [4.78, 5) is 10.9. The third-order valence-electron chi connectivity index (χ3n) is 1.95. The maximum Gasteiger partial charge on any atom is 0.156 e. The summed E-state index contributed by atoms with van der Waals surface area (Å²) in [5.41, 5.74) is 1.23. The Morgan fingerprint density at radius 2 is 2.07 bits per heavy atom. The van der Waals surface area contributed by atoms with Crippen molar-refractivity contribution in [2.45, 2.75) is 13.0 Å². The molecule has 0 aliphatic carbocycles. The highest BCUT2D eigenvalue weighted by molar-refractivity contribution is 5.89. The fourth-order valence-electron chi connectivity index (χ4n) is 1.14. The molecule has 0 saturated carbocycles. The van der Waals surface area contributed by atoms with E-state index in [-0.39, 0.29) is 5.78 Å². The topological polar surface area (TPSA) is 29.1 Å². The molecule has 0 fully saturated rings. The minimum atomic E-state index is 0.0885. The summed E-state index contributed by atoms with van der Waals surface area (Å²) in [6.07, 6.45) is 1.89. The Labute approximate surface area is 84.6 Å². The molecule has 74 valence electrons. The maximum atomic E-state index is 10.9. The van der Waals surface area contributed by atoms with E-state index in [1.54, 1.807) is 0 Å². The molecule has 0 spiro atoms. The van der Waals surface area contributed by atoms with Gasteiger partial charge in [0.25, 0.3) is 0 Å². The van der Waals surface area contributed by atoms with Crippen LogP contribution < -0.4 is 5.32 Å². The van der Waals surface area contributed by atoms with Gasteiger partial charge in [0, 0.05) is 19.5 Å². The van der Waals surface area contributed by atoms with Crippen LogP contribution in [-0.4, -0.2) is 12.3 Å². The molecule has 1 aromatic carbocycles. The number of ketones is 1. The fraction of sp³-hybridized carbons (Fsp3) is 0.250. The zero-order valence-corrected chi connectivity index (χ0v) is 8.20. The predicted octanol–water partition coefficient (Wildman–Crippen LogP) is 1.92. The lowest BCUT2D eigenvalue weighted by Gasteiger charge is -2.02. The predicted molar refractivity (Wildman–Crippen MR) is 58.0 cm³/mol. The van der Waals surface area contributed by atoms with Gasteiger partial charge in [-0.3, -0.25) is 4.79 Å². The minimum Gasteiger partial charge on any atom is -0.312 e. The van der Waals surface area contributed by atoms with Gasteiger partial charge < -0.3 is 5.32 Å². The standard InChI is InChI=1S/C12H15NO/c1-2-12(14)8-9-13-10-11-6-4-3-5-7-11/h2-7,13H,1,8-10H2. The zero-order valence-electron chi connectivity index (χ0n) is 8.20. The Kier molecular flexibility index (Phi) is 4.65. The van der Waals surface area contributed by atoms with Crippen LogP contribution in [0.5, 0.6) is 0 Å². The van der Waals surface area contributed by atoms with Crippen LogP contribution in [0, 0.1) is 0 Å². The van der Waals surface area contributed by atoms with Gasteiger partial charge in [0.15, 0.2) is 5.78 Å². The van der Waals surface area contributed by atoms with Gasteiger partial charge in [0.2, 0.25) is 0 Å². The van der Waals surface area contributed by atoms with E-state index in [4.69, 9.17) is 0 Å². The highest BCUT2D eigenvalue weighted by Crippen LogP contribution is 1.96. The van der Waals surface area contributed by atoms with Crippen molar-refractivity contribution in [1.82, 2.24) is 5.32 Å². The Balaban J connectivity index is 2.16. The highest BCUT2D eigenvalue weighted by Gasteiger charge is 1.94. The summed E-state index contributed by atoms with van der Waals surface area (Å²) < 4.78 is 0. The SMILES string of the molecule is C=CC(=O)CCNCc1ccccc1. The molecule has 0 aliphatic rings. The van der Waals surface area contributed by atoms with E-state index < -0.39 is 0 Å². The second-order valence-electron chi connectivity index (χ2n) is 3.08. The summed E-state index contributed by atoms with van der Waals surface area (Å²) in [7, 11) is 0. The van der Waals surface area contributed by atoms with Gasteiger partial charge in [0.05, 0.1) is 0 Å². The van der Waals surface area contributed by atoms with Crippen molar-refractivity contribution in [1.29, 1.82) is 0 Å². The van der Waals surface area contributed by atoms with Crippen molar-refractivity contribution in [3.63, 3.8) is 0 Å². The number of benzene rings is 1. The Bertz CT molecular complexity index is 292. The van der Waals surface area contributed by atoms with Crippen molar-refractivity contribution in [3.05, 3.63) is 48.6 Å². The first-order chi connectivity index (χ1) is 6.83. The molecule has 1 aromatic rings. The molecule has 0 amide bonds. The first kappa shape index (κ1) is 10.7. The molecule has 2 nitrogen and oxygen atoms in total. The van der Waals surface area contributed by atoms with Crippen molar-refractivity contribution >= 4 is 5.78 Å². The number of hydrogen-bond acceptors (Lipinski definition) is 2. The second kappa shape index (κ2) is 6.11. The summed E-state index contributed by atoms with van der Waals surface area (Å²) in [5, 5.41) is 3.20. The van der Waals surface area contributed by atoms with E-state index in [2.05, 4.69) is 24.0 Å². The molecule has 14 heavy (non-hydrogen) atoms. The van der Waals surface area contributed by atoms with Crippen LogP contribution in [0.15, 0.2) is 43.0 Å². The fourth-order valence-corrected chi connectivity index (χ4v) is 1.14. The minimum absolute atomic E-state index is 0.0885. The van der Waals surface area contributed by atoms with Crippen molar-refractivity contribution in [2.75, 3.05) is 6.54 Å². The quantitative estimate of drug-likeness (QED) is 0.547.